The van der Waals surface area contributed by atoms with Crippen molar-refractivity contribution in [3.63, 3.8) is 0 Å². The van der Waals surface area contributed by atoms with E-state index >= 15 is 0 Å². The lowest BCUT2D eigenvalue weighted by molar-refractivity contribution is 0.401. The number of rotatable bonds is 4. The van der Waals surface area contributed by atoms with Crippen LogP contribution in [0.3, 0.4) is 0 Å². The second-order valence-corrected chi connectivity index (χ2v) is 5.18. The van der Waals surface area contributed by atoms with Gasteiger partial charge in [-0.1, -0.05) is 0 Å². The molecule has 2 aliphatic rings. The summed E-state index contributed by atoms with van der Waals surface area (Å²) in [6.45, 7) is 6.09. The number of epoxide rings is 2. The summed E-state index contributed by atoms with van der Waals surface area (Å²) in [5.74, 6) is 0. The van der Waals surface area contributed by atoms with E-state index in [1.54, 1.807) is 0 Å². The quantitative estimate of drug-likeness (QED) is 0.637. The third kappa shape index (κ3) is 2.31. The number of benzene rings is 1. The second-order valence-electron chi connectivity index (χ2n) is 5.18. The number of hydrogen-bond donors (Lipinski definition) is 1. The summed E-state index contributed by atoms with van der Waals surface area (Å²) in [6.07, 6.45) is 2.75. The number of anilines is 1. The highest BCUT2D eigenvalue weighted by Gasteiger charge is 2.29. The van der Waals surface area contributed by atoms with Gasteiger partial charge in [-0.2, -0.15) is 0 Å². The molecule has 2 saturated heterocycles. The lowest BCUT2D eigenvalue weighted by atomic mass is 9.90. The van der Waals surface area contributed by atoms with Crippen LogP contribution in [0, 0.1) is 13.8 Å². The standard InChI is InChI=1S/C14H19NO2/c1-8-3-14(15)13(5-11-7-17-11)12(9(8)2)4-10-6-16-10/h3,10-11H,4-7,15H2,1-2H3. The minimum Gasteiger partial charge on any atom is -0.398 e. The topological polar surface area (TPSA) is 51.1 Å². The lowest BCUT2D eigenvalue weighted by Crippen LogP contribution is -2.09. The zero-order valence-corrected chi connectivity index (χ0v) is 10.5. The van der Waals surface area contributed by atoms with Crippen LogP contribution in [0.1, 0.15) is 22.3 Å². The molecule has 3 rings (SSSR count). The van der Waals surface area contributed by atoms with Crippen molar-refractivity contribution < 1.29 is 9.47 Å². The van der Waals surface area contributed by atoms with Crippen molar-refractivity contribution in [3.05, 3.63) is 28.3 Å². The molecule has 3 heteroatoms. The Bertz CT molecular complexity index is 448. The monoisotopic (exact) mass is 233 g/mol. The third-order valence-electron chi connectivity index (χ3n) is 3.80. The molecule has 1 aromatic rings. The lowest BCUT2D eigenvalue weighted by Gasteiger charge is -2.16. The first-order chi connectivity index (χ1) is 8.15. The van der Waals surface area contributed by atoms with E-state index in [9.17, 15) is 0 Å². The first-order valence-corrected chi connectivity index (χ1v) is 6.25. The highest BCUT2D eigenvalue weighted by atomic mass is 16.6. The zero-order chi connectivity index (χ0) is 12.0. The Kier molecular flexibility index (Phi) is 2.60. The van der Waals surface area contributed by atoms with Crippen molar-refractivity contribution in [3.8, 4) is 0 Å². The van der Waals surface area contributed by atoms with Gasteiger partial charge in [0.15, 0.2) is 0 Å². The molecular weight excluding hydrogens is 214 g/mol. The van der Waals surface area contributed by atoms with Crippen LogP contribution in [0.2, 0.25) is 0 Å². The van der Waals surface area contributed by atoms with Gasteiger partial charge in [0.25, 0.3) is 0 Å². The summed E-state index contributed by atoms with van der Waals surface area (Å²) < 4.78 is 10.7. The van der Waals surface area contributed by atoms with Gasteiger partial charge in [-0.3, -0.25) is 0 Å². The van der Waals surface area contributed by atoms with Gasteiger partial charge in [0.2, 0.25) is 0 Å². The van der Waals surface area contributed by atoms with Gasteiger partial charge in [0.05, 0.1) is 25.4 Å². The Morgan fingerprint density at radius 2 is 1.65 bits per heavy atom. The first kappa shape index (κ1) is 11.1. The molecule has 0 radical (unpaired) electrons. The highest BCUT2D eigenvalue weighted by Crippen LogP contribution is 2.31. The van der Waals surface area contributed by atoms with Crippen molar-refractivity contribution in [1.29, 1.82) is 0 Å². The summed E-state index contributed by atoms with van der Waals surface area (Å²) in [7, 11) is 0. The normalized spacial score (nSPS) is 26.0. The van der Waals surface area contributed by atoms with Crippen LogP contribution in [-0.4, -0.2) is 25.4 Å². The fraction of sp³-hybridized carbons (Fsp3) is 0.571. The summed E-state index contributed by atoms with van der Waals surface area (Å²) in [6, 6.07) is 2.09. The molecule has 2 N–H and O–H groups in total. The molecule has 92 valence electrons. The molecule has 2 fully saturated rings. The second kappa shape index (κ2) is 4.00. The molecule has 0 spiro atoms. The Morgan fingerprint density at radius 1 is 1.12 bits per heavy atom. The van der Waals surface area contributed by atoms with Crippen molar-refractivity contribution in [2.75, 3.05) is 18.9 Å². The molecule has 0 aliphatic carbocycles. The minimum absolute atomic E-state index is 0.387. The van der Waals surface area contributed by atoms with Crippen LogP contribution in [-0.2, 0) is 22.3 Å². The van der Waals surface area contributed by atoms with E-state index in [1.807, 2.05) is 0 Å². The summed E-state index contributed by atoms with van der Waals surface area (Å²) in [5, 5.41) is 0. The molecule has 2 atom stereocenters. The molecule has 0 aromatic heterocycles. The molecular formula is C14H19NO2. The number of aryl methyl sites for hydroxylation is 1. The van der Waals surface area contributed by atoms with Gasteiger partial charge in [-0.05, 0) is 42.2 Å². The van der Waals surface area contributed by atoms with E-state index in [0.717, 1.165) is 31.7 Å². The van der Waals surface area contributed by atoms with E-state index in [-0.39, 0.29) is 0 Å². The summed E-state index contributed by atoms with van der Waals surface area (Å²) in [4.78, 5) is 0. The molecule has 0 amide bonds. The summed E-state index contributed by atoms with van der Waals surface area (Å²) >= 11 is 0. The van der Waals surface area contributed by atoms with E-state index in [1.165, 1.54) is 22.3 Å². The molecule has 1 aromatic carbocycles. The Hall–Kier alpha value is -1.06. The van der Waals surface area contributed by atoms with Gasteiger partial charge in [0.1, 0.15) is 0 Å². The molecule has 0 bridgehead atoms. The van der Waals surface area contributed by atoms with Crippen LogP contribution < -0.4 is 5.73 Å². The molecule has 0 saturated carbocycles. The van der Waals surface area contributed by atoms with Crippen molar-refractivity contribution in [2.45, 2.75) is 38.9 Å². The predicted octanol–water partition coefficient (Wildman–Crippen LogP) is 1.77. The Balaban J connectivity index is 1.98. The van der Waals surface area contributed by atoms with Crippen molar-refractivity contribution in [2.24, 2.45) is 0 Å². The third-order valence-corrected chi connectivity index (χ3v) is 3.80. The number of nitrogens with two attached hydrogens (primary N) is 1. The SMILES string of the molecule is Cc1cc(N)c(CC2CO2)c(CC2CO2)c1C. The first-order valence-electron chi connectivity index (χ1n) is 6.25. The average molecular weight is 233 g/mol. The van der Waals surface area contributed by atoms with Gasteiger partial charge in [0, 0.05) is 18.5 Å². The van der Waals surface area contributed by atoms with Gasteiger partial charge >= 0.3 is 0 Å². The number of nitrogen functional groups attached to an aromatic ring is 1. The molecule has 17 heavy (non-hydrogen) atoms. The highest BCUT2D eigenvalue weighted by molar-refractivity contribution is 5.57. The smallest absolute Gasteiger partial charge is 0.0851 e. The maximum atomic E-state index is 6.17. The maximum Gasteiger partial charge on any atom is 0.0851 e. The zero-order valence-electron chi connectivity index (χ0n) is 10.5. The van der Waals surface area contributed by atoms with Gasteiger partial charge in [-0.25, -0.2) is 0 Å². The van der Waals surface area contributed by atoms with E-state index in [2.05, 4.69) is 19.9 Å². The average Bonchev–Trinajstić information content (AvgIpc) is 3.13. The van der Waals surface area contributed by atoms with Crippen molar-refractivity contribution in [1.82, 2.24) is 0 Å². The molecule has 2 unspecified atom stereocenters. The van der Waals surface area contributed by atoms with E-state index in [0.29, 0.717) is 12.2 Å². The summed E-state index contributed by atoms with van der Waals surface area (Å²) in [5.41, 5.74) is 12.4. The van der Waals surface area contributed by atoms with Crippen LogP contribution >= 0.6 is 0 Å². The van der Waals surface area contributed by atoms with Gasteiger partial charge in [-0.15, -0.1) is 0 Å². The van der Waals surface area contributed by atoms with E-state index < -0.39 is 0 Å². The molecule has 2 aliphatic heterocycles. The number of hydrogen-bond acceptors (Lipinski definition) is 3. The molecule has 3 nitrogen and oxygen atoms in total. The molecule has 2 heterocycles. The fourth-order valence-electron chi connectivity index (χ4n) is 2.41. The minimum atomic E-state index is 0.387. The van der Waals surface area contributed by atoms with Crippen molar-refractivity contribution >= 4 is 5.69 Å². The Labute approximate surface area is 102 Å². The maximum absolute atomic E-state index is 6.17. The largest absolute Gasteiger partial charge is 0.398 e. The predicted molar refractivity (Wildman–Crippen MR) is 67.2 cm³/mol. The van der Waals surface area contributed by atoms with E-state index in [4.69, 9.17) is 15.2 Å². The van der Waals surface area contributed by atoms with Crippen LogP contribution in [0.15, 0.2) is 6.07 Å². The van der Waals surface area contributed by atoms with Crippen LogP contribution in [0.5, 0.6) is 0 Å². The van der Waals surface area contributed by atoms with Crippen LogP contribution in [0.25, 0.3) is 0 Å². The van der Waals surface area contributed by atoms with Gasteiger partial charge < -0.3 is 15.2 Å². The van der Waals surface area contributed by atoms with Crippen LogP contribution in [0.4, 0.5) is 5.69 Å². The fourth-order valence-corrected chi connectivity index (χ4v) is 2.41. The number of ether oxygens (including phenoxy) is 2. The Morgan fingerprint density at radius 3 is 2.18 bits per heavy atom.